The summed E-state index contributed by atoms with van der Waals surface area (Å²) in [6.45, 7) is 13.9. The molecule has 1 fully saturated rings. The van der Waals surface area contributed by atoms with Crippen LogP contribution in [0.1, 0.15) is 53.9 Å². The zero-order valence-corrected chi connectivity index (χ0v) is 11.8. The zero-order valence-electron chi connectivity index (χ0n) is 11.8. The van der Waals surface area contributed by atoms with E-state index in [0.29, 0.717) is 17.5 Å². The first-order valence-corrected chi connectivity index (χ1v) is 6.85. The van der Waals surface area contributed by atoms with Gasteiger partial charge < -0.3 is 5.73 Å². The highest BCUT2D eigenvalue weighted by molar-refractivity contribution is 4.92. The van der Waals surface area contributed by atoms with Gasteiger partial charge in [0.15, 0.2) is 0 Å². The molecule has 2 unspecified atom stereocenters. The number of nitrogens with two attached hydrogens (primary N) is 1. The Kier molecular flexibility index (Phi) is 4.81. The summed E-state index contributed by atoms with van der Waals surface area (Å²) in [4.78, 5) is 2.59. The van der Waals surface area contributed by atoms with Crippen LogP contribution in [0.3, 0.4) is 0 Å². The van der Waals surface area contributed by atoms with E-state index in [-0.39, 0.29) is 0 Å². The normalized spacial score (nSPS) is 30.0. The molecular formula is C14H30N2. The Labute approximate surface area is 102 Å². The molecule has 0 saturated heterocycles. The Hall–Kier alpha value is -0.0800. The molecule has 1 rings (SSSR count). The molecule has 0 aromatic heterocycles. The van der Waals surface area contributed by atoms with Crippen molar-refractivity contribution in [2.75, 3.05) is 13.1 Å². The molecule has 0 aromatic carbocycles. The minimum absolute atomic E-state index is 0.381. The summed E-state index contributed by atoms with van der Waals surface area (Å²) in [5, 5.41) is 0. The third kappa shape index (κ3) is 3.74. The van der Waals surface area contributed by atoms with Crippen LogP contribution in [0.15, 0.2) is 0 Å². The van der Waals surface area contributed by atoms with Crippen molar-refractivity contribution in [1.82, 2.24) is 4.90 Å². The van der Waals surface area contributed by atoms with Crippen LogP contribution in [0, 0.1) is 11.3 Å². The molecule has 0 amide bonds. The SMILES string of the molecule is CCN(CC(C)C)C1CC(C)(C)CCC1N. The van der Waals surface area contributed by atoms with Crippen LogP contribution < -0.4 is 5.73 Å². The van der Waals surface area contributed by atoms with Crippen LogP contribution in [-0.2, 0) is 0 Å². The molecule has 1 aliphatic carbocycles. The van der Waals surface area contributed by atoms with Crippen molar-refractivity contribution in [1.29, 1.82) is 0 Å². The van der Waals surface area contributed by atoms with Crippen LogP contribution in [0.2, 0.25) is 0 Å². The number of nitrogens with zero attached hydrogens (tertiary/aromatic N) is 1. The third-order valence-corrected chi connectivity index (χ3v) is 3.89. The maximum Gasteiger partial charge on any atom is 0.0252 e. The molecule has 0 aliphatic heterocycles. The average molecular weight is 226 g/mol. The Morgan fingerprint density at radius 3 is 2.50 bits per heavy atom. The lowest BCUT2D eigenvalue weighted by molar-refractivity contribution is 0.0733. The van der Waals surface area contributed by atoms with Gasteiger partial charge in [0.2, 0.25) is 0 Å². The first kappa shape index (κ1) is 14.0. The van der Waals surface area contributed by atoms with Crippen molar-refractivity contribution in [3.05, 3.63) is 0 Å². The van der Waals surface area contributed by atoms with Crippen molar-refractivity contribution >= 4 is 0 Å². The van der Waals surface area contributed by atoms with Gasteiger partial charge in [-0.05, 0) is 37.1 Å². The summed E-state index contributed by atoms with van der Waals surface area (Å²) in [7, 11) is 0. The Morgan fingerprint density at radius 1 is 1.38 bits per heavy atom. The summed E-state index contributed by atoms with van der Waals surface area (Å²) in [6.07, 6.45) is 3.73. The molecule has 0 bridgehead atoms. The number of rotatable bonds is 4. The van der Waals surface area contributed by atoms with Crippen molar-refractivity contribution < 1.29 is 0 Å². The molecule has 0 aromatic rings. The maximum absolute atomic E-state index is 6.31. The van der Waals surface area contributed by atoms with Gasteiger partial charge in [0, 0.05) is 18.6 Å². The second kappa shape index (κ2) is 5.50. The molecule has 96 valence electrons. The van der Waals surface area contributed by atoms with E-state index in [4.69, 9.17) is 5.73 Å². The minimum Gasteiger partial charge on any atom is -0.326 e. The fraction of sp³-hybridized carbons (Fsp3) is 1.00. The van der Waals surface area contributed by atoms with E-state index in [2.05, 4.69) is 39.5 Å². The van der Waals surface area contributed by atoms with Gasteiger partial charge in [0.1, 0.15) is 0 Å². The highest BCUT2D eigenvalue weighted by Crippen LogP contribution is 2.36. The lowest BCUT2D eigenvalue weighted by Gasteiger charge is -2.45. The highest BCUT2D eigenvalue weighted by atomic mass is 15.2. The van der Waals surface area contributed by atoms with Gasteiger partial charge in [-0.2, -0.15) is 0 Å². The van der Waals surface area contributed by atoms with Crippen LogP contribution in [0.25, 0.3) is 0 Å². The second-order valence-corrected chi connectivity index (χ2v) is 6.62. The molecule has 2 heteroatoms. The fourth-order valence-electron chi connectivity index (χ4n) is 2.94. The fourth-order valence-corrected chi connectivity index (χ4v) is 2.94. The Bertz CT molecular complexity index is 211. The molecule has 0 heterocycles. The smallest absolute Gasteiger partial charge is 0.0252 e. The van der Waals surface area contributed by atoms with Gasteiger partial charge in [-0.25, -0.2) is 0 Å². The summed E-state index contributed by atoms with van der Waals surface area (Å²) in [5.74, 6) is 0.734. The van der Waals surface area contributed by atoms with E-state index in [1.165, 1.54) is 25.8 Å². The number of hydrogen-bond donors (Lipinski definition) is 1. The van der Waals surface area contributed by atoms with Crippen LogP contribution in [-0.4, -0.2) is 30.1 Å². The summed E-state index contributed by atoms with van der Waals surface area (Å²) in [5.41, 5.74) is 6.79. The molecular weight excluding hydrogens is 196 g/mol. The average Bonchev–Trinajstić information content (AvgIpc) is 2.18. The van der Waals surface area contributed by atoms with E-state index >= 15 is 0 Å². The van der Waals surface area contributed by atoms with Crippen LogP contribution >= 0.6 is 0 Å². The molecule has 0 spiro atoms. The Balaban J connectivity index is 2.66. The highest BCUT2D eigenvalue weighted by Gasteiger charge is 2.35. The van der Waals surface area contributed by atoms with E-state index in [1.54, 1.807) is 0 Å². The van der Waals surface area contributed by atoms with Gasteiger partial charge in [0.05, 0.1) is 0 Å². The minimum atomic E-state index is 0.381. The van der Waals surface area contributed by atoms with Crippen molar-refractivity contribution in [3.8, 4) is 0 Å². The van der Waals surface area contributed by atoms with Gasteiger partial charge in [0.25, 0.3) is 0 Å². The number of hydrogen-bond acceptors (Lipinski definition) is 2. The lowest BCUT2D eigenvalue weighted by Crippen LogP contribution is -2.53. The molecule has 0 radical (unpaired) electrons. The van der Waals surface area contributed by atoms with Gasteiger partial charge in [-0.1, -0.05) is 34.6 Å². The monoisotopic (exact) mass is 226 g/mol. The van der Waals surface area contributed by atoms with Crippen molar-refractivity contribution in [2.24, 2.45) is 17.1 Å². The maximum atomic E-state index is 6.31. The molecule has 2 atom stereocenters. The van der Waals surface area contributed by atoms with E-state index in [9.17, 15) is 0 Å². The lowest BCUT2D eigenvalue weighted by atomic mass is 9.72. The van der Waals surface area contributed by atoms with E-state index in [1.807, 2.05) is 0 Å². The summed E-state index contributed by atoms with van der Waals surface area (Å²) < 4.78 is 0. The second-order valence-electron chi connectivity index (χ2n) is 6.62. The van der Waals surface area contributed by atoms with Gasteiger partial charge in [-0.15, -0.1) is 0 Å². The summed E-state index contributed by atoms with van der Waals surface area (Å²) >= 11 is 0. The molecule has 2 nitrogen and oxygen atoms in total. The van der Waals surface area contributed by atoms with Crippen LogP contribution in [0.4, 0.5) is 0 Å². The topological polar surface area (TPSA) is 29.3 Å². The predicted octanol–water partition coefficient (Wildman–Crippen LogP) is 2.87. The predicted molar refractivity (Wildman–Crippen MR) is 71.5 cm³/mol. The third-order valence-electron chi connectivity index (χ3n) is 3.89. The molecule has 16 heavy (non-hydrogen) atoms. The molecule has 1 aliphatic rings. The van der Waals surface area contributed by atoms with E-state index < -0.39 is 0 Å². The first-order chi connectivity index (χ1) is 7.35. The Morgan fingerprint density at radius 2 is 2.00 bits per heavy atom. The molecule has 1 saturated carbocycles. The zero-order chi connectivity index (χ0) is 12.3. The standard InChI is InChI=1S/C14H30N2/c1-6-16(10-11(2)3)13-9-14(4,5)8-7-12(13)15/h11-13H,6-10,15H2,1-5H3. The number of likely N-dealkylation sites (N-methyl/N-ethyl adjacent to an activating group) is 1. The van der Waals surface area contributed by atoms with Gasteiger partial charge in [-0.3, -0.25) is 4.90 Å². The van der Waals surface area contributed by atoms with Gasteiger partial charge >= 0.3 is 0 Å². The quantitative estimate of drug-likeness (QED) is 0.798. The van der Waals surface area contributed by atoms with Crippen molar-refractivity contribution in [3.63, 3.8) is 0 Å². The van der Waals surface area contributed by atoms with Crippen LogP contribution in [0.5, 0.6) is 0 Å². The largest absolute Gasteiger partial charge is 0.326 e. The van der Waals surface area contributed by atoms with E-state index in [0.717, 1.165) is 12.5 Å². The first-order valence-electron chi connectivity index (χ1n) is 6.85. The summed E-state index contributed by atoms with van der Waals surface area (Å²) in [6, 6.07) is 0.975. The molecule has 2 N–H and O–H groups in total. The van der Waals surface area contributed by atoms with Crippen molar-refractivity contribution in [2.45, 2.75) is 66.0 Å².